The van der Waals surface area contributed by atoms with Gasteiger partial charge in [0.05, 0.1) is 12.1 Å². The van der Waals surface area contributed by atoms with Gasteiger partial charge in [-0.3, -0.25) is 0 Å². The van der Waals surface area contributed by atoms with E-state index in [-0.39, 0.29) is 23.3 Å². The first-order valence-electron chi connectivity index (χ1n) is 6.47. The number of nitrogens with zero attached hydrogens (tertiary/aromatic N) is 2. The minimum absolute atomic E-state index is 0.0377. The molecule has 0 saturated heterocycles. The zero-order chi connectivity index (χ0) is 14.7. The maximum Gasteiger partial charge on any atom is 0.148 e. The average Bonchev–Trinajstić information content (AvgIpc) is 2.64. The van der Waals surface area contributed by atoms with Crippen LogP contribution in [0.5, 0.6) is 0 Å². The monoisotopic (exact) mass is 287 g/mol. The number of sulfone groups is 1. The summed E-state index contributed by atoms with van der Waals surface area (Å²) in [5, 5.41) is 3.42. The Morgan fingerprint density at radius 2 is 2.00 bits per heavy atom. The molecule has 1 aromatic heterocycles. The van der Waals surface area contributed by atoms with E-state index in [9.17, 15) is 8.42 Å². The molecule has 0 spiro atoms. The Balaban J connectivity index is 2.70. The topological polar surface area (TPSA) is 64.0 Å². The Bertz CT molecular complexity index is 474. The molecule has 2 unspecified atom stereocenters. The molecule has 110 valence electrons. The molecule has 0 aliphatic heterocycles. The predicted molar refractivity (Wildman–Crippen MR) is 77.8 cm³/mol. The second kappa shape index (κ2) is 6.05. The molecule has 0 fully saturated rings. The lowest BCUT2D eigenvalue weighted by atomic mass is 9.86. The first kappa shape index (κ1) is 16.2. The largest absolute Gasteiger partial charge is 0.336 e. The summed E-state index contributed by atoms with van der Waals surface area (Å²) in [6.07, 6.45) is 6.72. The lowest BCUT2D eigenvalue weighted by Crippen LogP contribution is -2.49. The van der Waals surface area contributed by atoms with E-state index < -0.39 is 9.84 Å². The average molecular weight is 287 g/mol. The third-order valence-electron chi connectivity index (χ3n) is 3.04. The molecule has 0 radical (unpaired) electrons. The van der Waals surface area contributed by atoms with E-state index in [1.807, 2.05) is 17.7 Å². The maximum atomic E-state index is 11.3. The highest BCUT2D eigenvalue weighted by atomic mass is 32.2. The molecule has 0 aliphatic carbocycles. The molecule has 1 N–H and O–H groups in total. The van der Waals surface area contributed by atoms with E-state index in [0.29, 0.717) is 0 Å². The molecule has 1 rings (SSSR count). The predicted octanol–water partition coefficient (Wildman–Crippen LogP) is 1.32. The summed E-state index contributed by atoms with van der Waals surface area (Å²) < 4.78 is 24.7. The van der Waals surface area contributed by atoms with Crippen molar-refractivity contribution in [3.63, 3.8) is 0 Å². The third kappa shape index (κ3) is 6.20. The SMILES string of the molecule is CC(CS(C)(=O)=O)NC(Cn1ccnc1)C(C)(C)C. The molecule has 1 heterocycles. The van der Waals surface area contributed by atoms with Crippen molar-refractivity contribution < 1.29 is 8.42 Å². The summed E-state index contributed by atoms with van der Waals surface area (Å²) in [6.45, 7) is 9.13. The minimum Gasteiger partial charge on any atom is -0.336 e. The number of hydrogen-bond acceptors (Lipinski definition) is 4. The maximum absolute atomic E-state index is 11.3. The van der Waals surface area contributed by atoms with Crippen LogP contribution in [0.2, 0.25) is 0 Å². The molecular weight excluding hydrogens is 262 g/mol. The van der Waals surface area contributed by atoms with E-state index in [1.54, 1.807) is 12.5 Å². The van der Waals surface area contributed by atoms with Crippen LogP contribution in [0, 0.1) is 5.41 Å². The second-order valence-corrected chi connectivity index (χ2v) is 8.52. The van der Waals surface area contributed by atoms with Crippen molar-refractivity contribution in [1.82, 2.24) is 14.9 Å². The fourth-order valence-corrected chi connectivity index (χ4v) is 3.03. The van der Waals surface area contributed by atoms with Crippen LogP contribution >= 0.6 is 0 Å². The summed E-state index contributed by atoms with van der Waals surface area (Å²) in [7, 11) is -2.96. The highest BCUT2D eigenvalue weighted by Gasteiger charge is 2.27. The van der Waals surface area contributed by atoms with Crippen molar-refractivity contribution in [2.75, 3.05) is 12.0 Å². The van der Waals surface area contributed by atoms with Gasteiger partial charge in [-0.2, -0.15) is 0 Å². The van der Waals surface area contributed by atoms with Crippen molar-refractivity contribution in [3.8, 4) is 0 Å². The molecule has 2 atom stereocenters. The number of imidazole rings is 1. The van der Waals surface area contributed by atoms with Crippen LogP contribution in [-0.2, 0) is 16.4 Å². The van der Waals surface area contributed by atoms with Gasteiger partial charge in [0.25, 0.3) is 0 Å². The van der Waals surface area contributed by atoms with Gasteiger partial charge in [-0.1, -0.05) is 20.8 Å². The quantitative estimate of drug-likeness (QED) is 0.857. The van der Waals surface area contributed by atoms with Crippen LogP contribution in [0.3, 0.4) is 0 Å². The lowest BCUT2D eigenvalue weighted by molar-refractivity contribution is 0.229. The van der Waals surface area contributed by atoms with Crippen LogP contribution < -0.4 is 5.32 Å². The third-order valence-corrected chi connectivity index (χ3v) is 4.14. The fraction of sp³-hybridized carbons (Fsp3) is 0.769. The van der Waals surface area contributed by atoms with Crippen LogP contribution in [0.4, 0.5) is 0 Å². The van der Waals surface area contributed by atoms with Gasteiger partial charge in [0.15, 0.2) is 0 Å². The molecule has 0 aliphatic rings. The van der Waals surface area contributed by atoms with Crippen LogP contribution in [-0.4, -0.2) is 42.1 Å². The minimum atomic E-state index is -2.96. The highest BCUT2D eigenvalue weighted by Crippen LogP contribution is 2.21. The first-order chi connectivity index (χ1) is 8.58. The Hall–Kier alpha value is -0.880. The molecule has 0 bridgehead atoms. The van der Waals surface area contributed by atoms with E-state index in [2.05, 4.69) is 31.1 Å². The van der Waals surface area contributed by atoms with Gasteiger partial charge in [0, 0.05) is 37.3 Å². The van der Waals surface area contributed by atoms with Gasteiger partial charge >= 0.3 is 0 Å². The molecular formula is C13H25N3O2S. The normalized spacial score (nSPS) is 16.3. The van der Waals surface area contributed by atoms with Gasteiger partial charge in [-0.05, 0) is 12.3 Å². The molecule has 6 heteroatoms. The summed E-state index contributed by atoms with van der Waals surface area (Å²) >= 11 is 0. The standard InChI is InChI=1S/C13H25N3O2S/c1-11(9-19(5,17)18)15-12(13(2,3)4)8-16-7-6-14-10-16/h6-7,10-12,15H,8-9H2,1-5H3. The molecule has 0 aromatic carbocycles. The van der Waals surface area contributed by atoms with Crippen molar-refractivity contribution in [2.24, 2.45) is 5.41 Å². The van der Waals surface area contributed by atoms with E-state index >= 15 is 0 Å². The van der Waals surface area contributed by atoms with Crippen molar-refractivity contribution in [2.45, 2.75) is 46.3 Å². The summed E-state index contributed by atoms with van der Waals surface area (Å²) in [4.78, 5) is 4.04. The number of nitrogens with one attached hydrogen (secondary N) is 1. The zero-order valence-electron chi connectivity index (χ0n) is 12.4. The van der Waals surface area contributed by atoms with E-state index in [4.69, 9.17) is 0 Å². The van der Waals surface area contributed by atoms with Crippen LogP contribution in [0.15, 0.2) is 18.7 Å². The first-order valence-corrected chi connectivity index (χ1v) is 8.53. The number of rotatable bonds is 6. The fourth-order valence-electron chi connectivity index (χ4n) is 2.03. The Morgan fingerprint density at radius 3 is 2.42 bits per heavy atom. The van der Waals surface area contributed by atoms with Crippen LogP contribution in [0.25, 0.3) is 0 Å². The number of aromatic nitrogens is 2. The Morgan fingerprint density at radius 1 is 1.37 bits per heavy atom. The van der Waals surface area contributed by atoms with Crippen molar-refractivity contribution >= 4 is 9.84 Å². The molecule has 1 aromatic rings. The van der Waals surface area contributed by atoms with Gasteiger partial charge in [0.1, 0.15) is 9.84 Å². The van der Waals surface area contributed by atoms with Crippen LogP contribution in [0.1, 0.15) is 27.7 Å². The van der Waals surface area contributed by atoms with Gasteiger partial charge in [-0.25, -0.2) is 13.4 Å². The van der Waals surface area contributed by atoms with Gasteiger partial charge in [0.2, 0.25) is 0 Å². The second-order valence-electron chi connectivity index (χ2n) is 6.34. The Kier molecular flexibility index (Phi) is 5.15. The van der Waals surface area contributed by atoms with Crippen molar-refractivity contribution in [1.29, 1.82) is 0 Å². The Labute approximate surface area is 116 Å². The number of hydrogen-bond donors (Lipinski definition) is 1. The van der Waals surface area contributed by atoms with Gasteiger partial charge in [-0.15, -0.1) is 0 Å². The zero-order valence-corrected chi connectivity index (χ0v) is 13.2. The molecule has 0 amide bonds. The molecule has 0 saturated carbocycles. The van der Waals surface area contributed by atoms with E-state index in [0.717, 1.165) is 6.54 Å². The highest BCUT2D eigenvalue weighted by molar-refractivity contribution is 7.90. The van der Waals surface area contributed by atoms with E-state index in [1.165, 1.54) is 6.26 Å². The molecule has 19 heavy (non-hydrogen) atoms. The summed E-state index contributed by atoms with van der Waals surface area (Å²) in [5.41, 5.74) is 0.0377. The summed E-state index contributed by atoms with van der Waals surface area (Å²) in [5.74, 6) is 0.156. The van der Waals surface area contributed by atoms with Crippen molar-refractivity contribution in [3.05, 3.63) is 18.7 Å². The van der Waals surface area contributed by atoms with Gasteiger partial charge < -0.3 is 9.88 Å². The summed E-state index contributed by atoms with van der Waals surface area (Å²) in [6, 6.07) is 0.112. The lowest BCUT2D eigenvalue weighted by Gasteiger charge is -2.34. The molecule has 5 nitrogen and oxygen atoms in total. The smallest absolute Gasteiger partial charge is 0.148 e.